The van der Waals surface area contributed by atoms with E-state index < -0.39 is 23.8 Å². The first-order chi connectivity index (χ1) is 15.1. The normalized spacial score (nSPS) is 12.6. The molecule has 6 nitrogen and oxygen atoms in total. The van der Waals surface area contributed by atoms with Gasteiger partial charge in [-0.25, -0.2) is 9.78 Å². The van der Waals surface area contributed by atoms with Gasteiger partial charge in [-0.2, -0.15) is 13.2 Å². The SMILES string of the molecule is CCN(C(=O)Nc1ccc(C(F)(F)F)cc1)C(C)c1nc2cc(Cl)ccc2c(=O)n1CC. The second kappa shape index (κ2) is 9.20. The second-order valence-corrected chi connectivity index (χ2v) is 7.58. The third kappa shape index (κ3) is 4.72. The number of hydrogen-bond donors (Lipinski definition) is 1. The molecule has 0 spiro atoms. The summed E-state index contributed by atoms with van der Waals surface area (Å²) in [5, 5.41) is 3.46. The van der Waals surface area contributed by atoms with Gasteiger partial charge in [-0.15, -0.1) is 0 Å². The predicted octanol–water partition coefficient (Wildman–Crippen LogP) is 5.70. The Balaban J connectivity index is 1.92. The first kappa shape index (κ1) is 23.6. The molecule has 1 N–H and O–H groups in total. The topological polar surface area (TPSA) is 67.2 Å². The van der Waals surface area contributed by atoms with Crippen LogP contribution in [0.25, 0.3) is 10.9 Å². The zero-order valence-electron chi connectivity index (χ0n) is 17.7. The molecule has 170 valence electrons. The number of carbonyl (C=O) groups is 1. The first-order valence-electron chi connectivity index (χ1n) is 10.0. The standard InChI is InChI=1S/C22H22ClF3N4O2/c1-4-29(21(32)27-16-9-6-14(7-10-16)22(24,25)26)13(3)19-28-18-12-15(23)8-11-17(18)20(31)30(19)5-2/h6-13H,4-5H2,1-3H3,(H,27,32). The molecular weight excluding hydrogens is 445 g/mol. The molecule has 0 saturated carbocycles. The number of anilines is 1. The number of hydrogen-bond acceptors (Lipinski definition) is 3. The van der Waals surface area contributed by atoms with Gasteiger partial charge in [-0.3, -0.25) is 9.36 Å². The summed E-state index contributed by atoms with van der Waals surface area (Å²) in [5.74, 6) is 0.386. The molecule has 32 heavy (non-hydrogen) atoms. The van der Waals surface area contributed by atoms with E-state index in [0.29, 0.717) is 28.3 Å². The van der Waals surface area contributed by atoms with Gasteiger partial charge in [-0.1, -0.05) is 11.6 Å². The minimum Gasteiger partial charge on any atom is -0.315 e. The average Bonchev–Trinajstić information content (AvgIpc) is 2.73. The monoisotopic (exact) mass is 466 g/mol. The van der Waals surface area contributed by atoms with Crippen LogP contribution in [0.5, 0.6) is 0 Å². The molecule has 1 aromatic heterocycles. The minimum atomic E-state index is -4.46. The van der Waals surface area contributed by atoms with Crippen molar-refractivity contribution >= 4 is 34.2 Å². The molecule has 10 heteroatoms. The maximum absolute atomic E-state index is 12.9. The summed E-state index contributed by atoms with van der Waals surface area (Å²) in [5.41, 5.74) is -0.398. The molecule has 1 atom stereocenters. The summed E-state index contributed by atoms with van der Waals surface area (Å²) >= 11 is 6.05. The van der Waals surface area contributed by atoms with E-state index in [9.17, 15) is 22.8 Å². The number of carbonyl (C=O) groups excluding carboxylic acids is 1. The third-order valence-electron chi connectivity index (χ3n) is 5.17. The summed E-state index contributed by atoms with van der Waals surface area (Å²) in [6.07, 6.45) is -4.46. The third-order valence-corrected chi connectivity index (χ3v) is 5.40. The summed E-state index contributed by atoms with van der Waals surface area (Å²) in [4.78, 5) is 31.9. The molecule has 0 radical (unpaired) electrons. The molecule has 0 saturated heterocycles. The lowest BCUT2D eigenvalue weighted by molar-refractivity contribution is -0.137. The van der Waals surface area contributed by atoms with E-state index in [-0.39, 0.29) is 17.8 Å². The van der Waals surface area contributed by atoms with Crippen LogP contribution in [0.15, 0.2) is 47.3 Å². The van der Waals surface area contributed by atoms with Crippen molar-refractivity contribution in [3.05, 3.63) is 69.2 Å². The molecule has 0 aliphatic heterocycles. The number of amides is 2. The lowest BCUT2D eigenvalue weighted by Gasteiger charge is -2.29. The fourth-order valence-electron chi connectivity index (χ4n) is 3.51. The number of aromatic nitrogens is 2. The van der Waals surface area contributed by atoms with Crippen LogP contribution in [0.4, 0.5) is 23.7 Å². The van der Waals surface area contributed by atoms with Crippen LogP contribution in [0.1, 0.15) is 38.2 Å². The van der Waals surface area contributed by atoms with Crippen molar-refractivity contribution < 1.29 is 18.0 Å². The molecule has 3 aromatic rings. The maximum atomic E-state index is 12.9. The van der Waals surface area contributed by atoms with Crippen LogP contribution in [0, 0.1) is 0 Å². The highest BCUT2D eigenvalue weighted by Crippen LogP contribution is 2.30. The Morgan fingerprint density at radius 2 is 1.84 bits per heavy atom. The van der Waals surface area contributed by atoms with Crippen LogP contribution < -0.4 is 10.9 Å². The number of nitrogens with zero attached hydrogens (tertiary/aromatic N) is 3. The van der Waals surface area contributed by atoms with E-state index in [1.165, 1.54) is 21.6 Å². The Bertz CT molecular complexity index is 1190. The van der Waals surface area contributed by atoms with E-state index in [0.717, 1.165) is 12.1 Å². The Kier molecular flexibility index (Phi) is 6.78. The van der Waals surface area contributed by atoms with Crippen molar-refractivity contribution in [3.8, 4) is 0 Å². The summed E-state index contributed by atoms with van der Waals surface area (Å²) in [6, 6.07) is 7.89. The quantitative estimate of drug-likeness (QED) is 0.524. The molecular formula is C22H22ClF3N4O2. The van der Waals surface area contributed by atoms with E-state index in [2.05, 4.69) is 10.3 Å². The maximum Gasteiger partial charge on any atom is 0.416 e. The lowest BCUT2D eigenvalue weighted by Crippen LogP contribution is -2.40. The van der Waals surface area contributed by atoms with Crippen LogP contribution in [0.2, 0.25) is 5.02 Å². The van der Waals surface area contributed by atoms with E-state index in [1.54, 1.807) is 39.0 Å². The molecule has 1 heterocycles. The highest BCUT2D eigenvalue weighted by molar-refractivity contribution is 6.31. The largest absolute Gasteiger partial charge is 0.416 e. The highest BCUT2D eigenvalue weighted by Gasteiger charge is 2.30. The van der Waals surface area contributed by atoms with Crippen LogP contribution in [-0.4, -0.2) is 27.0 Å². The Labute approximate surface area is 187 Å². The van der Waals surface area contributed by atoms with E-state index >= 15 is 0 Å². The van der Waals surface area contributed by atoms with Gasteiger partial charge in [-0.05, 0) is 63.2 Å². The minimum absolute atomic E-state index is 0.222. The number of benzene rings is 2. The van der Waals surface area contributed by atoms with Crippen LogP contribution >= 0.6 is 11.6 Å². The van der Waals surface area contributed by atoms with Gasteiger partial charge in [0, 0.05) is 23.8 Å². The lowest BCUT2D eigenvalue weighted by atomic mass is 10.2. The van der Waals surface area contributed by atoms with Crippen molar-refractivity contribution in [1.82, 2.24) is 14.5 Å². The van der Waals surface area contributed by atoms with Gasteiger partial charge in [0.25, 0.3) is 5.56 Å². The molecule has 1 unspecified atom stereocenters. The second-order valence-electron chi connectivity index (χ2n) is 7.15. The van der Waals surface area contributed by atoms with Gasteiger partial charge < -0.3 is 10.2 Å². The van der Waals surface area contributed by atoms with Gasteiger partial charge in [0.05, 0.1) is 22.5 Å². The molecule has 0 fully saturated rings. The Morgan fingerprint density at radius 1 is 1.19 bits per heavy atom. The Morgan fingerprint density at radius 3 is 2.41 bits per heavy atom. The summed E-state index contributed by atoms with van der Waals surface area (Å²) in [6.45, 7) is 5.93. The molecule has 0 bridgehead atoms. The first-order valence-corrected chi connectivity index (χ1v) is 10.4. The average molecular weight is 467 g/mol. The van der Waals surface area contributed by atoms with E-state index in [1.807, 2.05) is 0 Å². The number of fused-ring (bicyclic) bond motifs is 1. The molecule has 0 aliphatic carbocycles. The van der Waals surface area contributed by atoms with E-state index in [4.69, 9.17) is 11.6 Å². The fraction of sp³-hybridized carbons (Fsp3) is 0.318. The van der Waals surface area contributed by atoms with Crippen molar-refractivity contribution in [2.24, 2.45) is 0 Å². The van der Waals surface area contributed by atoms with Gasteiger partial charge in [0.15, 0.2) is 0 Å². The smallest absolute Gasteiger partial charge is 0.315 e. The zero-order chi connectivity index (χ0) is 23.6. The van der Waals surface area contributed by atoms with Crippen LogP contribution in [0.3, 0.4) is 0 Å². The fourth-order valence-corrected chi connectivity index (χ4v) is 3.67. The Hall–Kier alpha value is -3.07. The van der Waals surface area contributed by atoms with Gasteiger partial charge in [0.2, 0.25) is 0 Å². The number of urea groups is 1. The summed E-state index contributed by atoms with van der Waals surface area (Å²) < 4.78 is 39.8. The number of alkyl halides is 3. The highest BCUT2D eigenvalue weighted by atomic mass is 35.5. The molecule has 2 amide bonds. The molecule has 3 rings (SSSR count). The predicted molar refractivity (Wildman–Crippen MR) is 118 cm³/mol. The van der Waals surface area contributed by atoms with Crippen molar-refractivity contribution in [2.75, 3.05) is 11.9 Å². The number of rotatable bonds is 5. The number of halogens is 4. The zero-order valence-corrected chi connectivity index (χ0v) is 18.5. The van der Waals surface area contributed by atoms with Crippen molar-refractivity contribution in [1.29, 1.82) is 0 Å². The van der Waals surface area contributed by atoms with Crippen molar-refractivity contribution in [3.63, 3.8) is 0 Å². The van der Waals surface area contributed by atoms with Crippen molar-refractivity contribution in [2.45, 2.75) is 39.5 Å². The molecule has 2 aromatic carbocycles. The molecule has 0 aliphatic rings. The number of nitrogens with one attached hydrogen (secondary N) is 1. The van der Waals surface area contributed by atoms with Gasteiger partial charge in [0.1, 0.15) is 5.82 Å². The van der Waals surface area contributed by atoms with Gasteiger partial charge >= 0.3 is 12.2 Å². The summed E-state index contributed by atoms with van der Waals surface area (Å²) in [7, 11) is 0. The van der Waals surface area contributed by atoms with Crippen LogP contribution in [-0.2, 0) is 12.7 Å².